The van der Waals surface area contributed by atoms with E-state index in [-0.39, 0.29) is 35.1 Å². The number of aromatic nitrogens is 1. The van der Waals surface area contributed by atoms with Gasteiger partial charge in [-0.3, -0.25) is 14.8 Å². The summed E-state index contributed by atoms with van der Waals surface area (Å²) in [5, 5.41) is 0. The minimum atomic E-state index is -1.12. The molecule has 172 valence electrons. The quantitative estimate of drug-likeness (QED) is 0.650. The number of dihydropyridines is 1. The Balaban J connectivity index is 1.63. The summed E-state index contributed by atoms with van der Waals surface area (Å²) in [5.41, 5.74) is 7.14. The van der Waals surface area contributed by atoms with Crippen LogP contribution in [0.15, 0.2) is 54.3 Å². The van der Waals surface area contributed by atoms with E-state index in [9.17, 15) is 13.6 Å². The molecule has 6 heteroatoms. The van der Waals surface area contributed by atoms with Gasteiger partial charge in [-0.05, 0) is 73.9 Å². The van der Waals surface area contributed by atoms with Crippen molar-refractivity contribution in [2.45, 2.75) is 62.9 Å². The van der Waals surface area contributed by atoms with Crippen LogP contribution in [0.5, 0.6) is 0 Å². The van der Waals surface area contributed by atoms with Gasteiger partial charge < -0.3 is 5.73 Å². The average molecular weight is 450 g/mol. The largest absolute Gasteiger partial charge is 0.328 e. The first kappa shape index (κ1) is 23.2. The number of allylic oxidation sites excluding steroid dienone is 1. The molecule has 1 saturated carbocycles. The fraction of sp³-hybridized carbons (Fsp3) is 0.370. The number of hydrogen-bond acceptors (Lipinski definition) is 4. The van der Waals surface area contributed by atoms with Crippen LogP contribution >= 0.6 is 0 Å². The van der Waals surface area contributed by atoms with Gasteiger partial charge in [-0.15, -0.1) is 0 Å². The summed E-state index contributed by atoms with van der Waals surface area (Å²) in [6.07, 6.45) is 12.7. The van der Waals surface area contributed by atoms with Gasteiger partial charge in [-0.25, -0.2) is 8.78 Å². The maximum absolute atomic E-state index is 14.9. The van der Waals surface area contributed by atoms with Crippen LogP contribution in [-0.4, -0.2) is 28.1 Å². The minimum Gasteiger partial charge on any atom is -0.328 e. The number of hydrogen-bond donors (Lipinski definition) is 1. The standard InChI is InChI=1S/C27H29F2N3O/c1-3-17-9-10-22(28)25(26(17)29)23-8-5-12-27(2,32-23)24(33)15-19-16-31-13-11-21(19)18-6-4-7-20(30)14-18/h3,5,8-11,13,16,18,20H,1,4,6-7,12,14-15,30H2,2H3. The van der Waals surface area contributed by atoms with Gasteiger partial charge in [0.15, 0.2) is 5.78 Å². The van der Waals surface area contributed by atoms with Crippen LogP contribution < -0.4 is 5.73 Å². The van der Waals surface area contributed by atoms with E-state index in [4.69, 9.17) is 5.73 Å². The van der Waals surface area contributed by atoms with Gasteiger partial charge in [-0.1, -0.05) is 25.2 Å². The zero-order valence-corrected chi connectivity index (χ0v) is 18.9. The van der Waals surface area contributed by atoms with Gasteiger partial charge in [0.05, 0.1) is 11.3 Å². The lowest BCUT2D eigenvalue weighted by Crippen LogP contribution is -2.37. The molecule has 2 aliphatic rings. The second kappa shape index (κ2) is 9.48. The Labute approximate surface area is 193 Å². The number of Topliss-reactive ketones (excluding diaryl/α,β-unsaturated/α-hetero) is 1. The van der Waals surface area contributed by atoms with Crippen molar-refractivity contribution in [2.24, 2.45) is 10.7 Å². The summed E-state index contributed by atoms with van der Waals surface area (Å²) >= 11 is 0. The van der Waals surface area contributed by atoms with Crippen molar-refractivity contribution in [3.8, 4) is 0 Å². The van der Waals surface area contributed by atoms with Crippen LogP contribution in [0.3, 0.4) is 0 Å². The zero-order chi connectivity index (χ0) is 23.6. The number of nitrogens with zero attached hydrogens (tertiary/aromatic N) is 2. The molecule has 2 N–H and O–H groups in total. The summed E-state index contributed by atoms with van der Waals surface area (Å²) in [6, 6.07) is 4.68. The Morgan fingerprint density at radius 1 is 1.30 bits per heavy atom. The predicted molar refractivity (Wildman–Crippen MR) is 127 cm³/mol. The number of carbonyl (C=O) groups is 1. The number of rotatable bonds is 6. The summed E-state index contributed by atoms with van der Waals surface area (Å²) in [5.74, 6) is -1.25. The molecule has 1 aromatic carbocycles. The number of halogens is 2. The first-order valence-electron chi connectivity index (χ1n) is 11.4. The van der Waals surface area contributed by atoms with Gasteiger partial charge in [0.2, 0.25) is 0 Å². The SMILES string of the molecule is C=Cc1ccc(F)c(C2=NC(C)(C(=O)Cc3cnccc3C3CCCC(N)C3)CC=C2)c1F. The normalized spacial score (nSPS) is 24.9. The molecule has 3 atom stereocenters. The highest BCUT2D eigenvalue weighted by molar-refractivity contribution is 6.11. The molecule has 3 unspecified atom stereocenters. The number of benzene rings is 1. The van der Waals surface area contributed by atoms with E-state index >= 15 is 0 Å². The summed E-state index contributed by atoms with van der Waals surface area (Å²) in [6.45, 7) is 5.30. The third kappa shape index (κ3) is 4.71. The van der Waals surface area contributed by atoms with E-state index in [2.05, 4.69) is 16.6 Å². The maximum Gasteiger partial charge on any atom is 0.164 e. The van der Waals surface area contributed by atoms with Crippen LogP contribution in [0.1, 0.15) is 67.2 Å². The Hall–Kier alpha value is -2.99. The topological polar surface area (TPSA) is 68.3 Å². The fourth-order valence-electron chi connectivity index (χ4n) is 4.88. The monoisotopic (exact) mass is 449 g/mol. The second-order valence-electron chi connectivity index (χ2n) is 9.21. The van der Waals surface area contributed by atoms with E-state index < -0.39 is 17.2 Å². The molecule has 0 amide bonds. The number of aliphatic imine (C=N–C) groups is 1. The molecule has 4 rings (SSSR count). The van der Waals surface area contributed by atoms with Crippen LogP contribution in [0, 0.1) is 11.6 Å². The Kier molecular flexibility index (Phi) is 6.66. The molecule has 0 spiro atoms. The van der Waals surface area contributed by atoms with Crippen LogP contribution in [0.4, 0.5) is 8.78 Å². The highest BCUT2D eigenvalue weighted by atomic mass is 19.1. The van der Waals surface area contributed by atoms with Crippen molar-refractivity contribution in [2.75, 3.05) is 0 Å². The smallest absolute Gasteiger partial charge is 0.164 e. The summed E-state index contributed by atoms with van der Waals surface area (Å²) in [4.78, 5) is 22.3. The molecule has 1 aliphatic heterocycles. The first-order chi connectivity index (χ1) is 15.8. The molecule has 33 heavy (non-hydrogen) atoms. The van der Waals surface area contributed by atoms with Crippen LogP contribution in [0.2, 0.25) is 0 Å². The van der Waals surface area contributed by atoms with Gasteiger partial charge in [0.1, 0.15) is 17.2 Å². The lowest BCUT2D eigenvalue weighted by atomic mass is 9.78. The number of pyridine rings is 1. The van der Waals surface area contributed by atoms with E-state index in [1.807, 2.05) is 6.07 Å². The second-order valence-corrected chi connectivity index (χ2v) is 9.21. The molecule has 4 nitrogen and oxygen atoms in total. The number of carbonyl (C=O) groups excluding carboxylic acids is 1. The van der Waals surface area contributed by atoms with Gasteiger partial charge >= 0.3 is 0 Å². The minimum absolute atomic E-state index is 0.112. The van der Waals surface area contributed by atoms with Gasteiger partial charge in [0.25, 0.3) is 0 Å². The van der Waals surface area contributed by atoms with Crippen molar-refractivity contribution >= 4 is 17.6 Å². The summed E-state index contributed by atoms with van der Waals surface area (Å²) in [7, 11) is 0. The predicted octanol–water partition coefficient (Wildman–Crippen LogP) is 5.31. The molecule has 1 aromatic heterocycles. The molecule has 1 aliphatic carbocycles. The Bertz CT molecular complexity index is 1140. The number of ketones is 1. The van der Waals surface area contributed by atoms with E-state index in [0.29, 0.717) is 12.3 Å². The molecular weight excluding hydrogens is 420 g/mol. The van der Waals surface area contributed by atoms with Crippen molar-refractivity contribution in [1.82, 2.24) is 4.98 Å². The highest BCUT2D eigenvalue weighted by Gasteiger charge is 2.35. The molecule has 1 fully saturated rings. The first-order valence-corrected chi connectivity index (χ1v) is 11.4. The number of nitrogens with two attached hydrogens (primary N) is 1. The van der Waals surface area contributed by atoms with Crippen LogP contribution in [-0.2, 0) is 11.2 Å². The van der Waals surface area contributed by atoms with Crippen LogP contribution in [0.25, 0.3) is 6.08 Å². The highest BCUT2D eigenvalue weighted by Crippen LogP contribution is 2.35. The molecular formula is C27H29F2N3O. The van der Waals surface area contributed by atoms with Crippen molar-refractivity contribution in [3.05, 3.63) is 83.2 Å². The van der Waals surface area contributed by atoms with Gasteiger partial charge in [-0.2, -0.15) is 0 Å². The van der Waals surface area contributed by atoms with Gasteiger partial charge in [0, 0.05) is 30.4 Å². The van der Waals surface area contributed by atoms with E-state index in [1.165, 1.54) is 18.2 Å². The zero-order valence-electron chi connectivity index (χ0n) is 18.9. The lowest BCUT2D eigenvalue weighted by molar-refractivity contribution is -0.122. The fourth-order valence-corrected chi connectivity index (χ4v) is 4.88. The van der Waals surface area contributed by atoms with Crippen molar-refractivity contribution in [1.29, 1.82) is 0 Å². The van der Waals surface area contributed by atoms with Crippen molar-refractivity contribution in [3.63, 3.8) is 0 Å². The molecule has 2 aromatic rings. The lowest BCUT2D eigenvalue weighted by Gasteiger charge is -2.30. The molecule has 0 bridgehead atoms. The Morgan fingerprint density at radius 2 is 2.12 bits per heavy atom. The summed E-state index contributed by atoms with van der Waals surface area (Å²) < 4.78 is 29.4. The van der Waals surface area contributed by atoms with E-state index in [1.54, 1.807) is 31.5 Å². The van der Waals surface area contributed by atoms with E-state index in [0.717, 1.165) is 36.8 Å². The third-order valence-corrected chi connectivity index (χ3v) is 6.80. The Morgan fingerprint density at radius 3 is 2.88 bits per heavy atom. The molecule has 2 heterocycles. The average Bonchev–Trinajstić information content (AvgIpc) is 2.80. The molecule has 0 radical (unpaired) electrons. The maximum atomic E-state index is 14.9. The molecule has 0 saturated heterocycles. The van der Waals surface area contributed by atoms with Crippen molar-refractivity contribution < 1.29 is 13.6 Å². The third-order valence-electron chi connectivity index (χ3n) is 6.80.